The molecule has 1 atom stereocenters. The Morgan fingerprint density at radius 1 is 1.20 bits per heavy atom. The predicted octanol–water partition coefficient (Wildman–Crippen LogP) is -0.00370. The van der Waals surface area contributed by atoms with E-state index in [4.69, 9.17) is 5.84 Å². The first-order valence-electron chi connectivity index (χ1n) is 2.65. The van der Waals surface area contributed by atoms with Gasteiger partial charge in [-0.15, -0.1) is 12.4 Å². The molecule has 0 aliphatic heterocycles. The molecule has 56 valence electrons. The smallest absolute Gasteiger partial charge is 0.150 e. The highest BCUT2D eigenvalue weighted by atomic mass is 35.5. The lowest BCUT2D eigenvalue weighted by Crippen LogP contribution is -3.08. The highest BCUT2D eigenvalue weighted by Crippen LogP contribution is 1.95. The van der Waals surface area contributed by atoms with Crippen LogP contribution in [0.2, 0.25) is 0 Å². The van der Waals surface area contributed by atoms with Crippen molar-refractivity contribution in [2.75, 3.05) is 0 Å². The lowest BCUT2D eigenvalue weighted by Gasteiger charge is -2.12. The van der Waals surface area contributed by atoms with E-state index in [-0.39, 0.29) is 17.6 Å². The topological polar surface area (TPSA) is 53.5 Å². The van der Waals surface area contributed by atoms with E-state index in [0.29, 0.717) is 5.69 Å². The van der Waals surface area contributed by atoms with Crippen LogP contribution in [-0.2, 0) is 0 Å². The van der Waals surface area contributed by atoms with E-state index in [9.17, 15) is 5.21 Å². The third-order valence-electron chi connectivity index (χ3n) is 1.06. The second-order valence-corrected chi connectivity index (χ2v) is 1.73. The molecule has 0 bridgehead atoms. The van der Waals surface area contributed by atoms with Crippen molar-refractivity contribution in [2.45, 2.75) is 0 Å². The van der Waals surface area contributed by atoms with E-state index in [2.05, 4.69) is 0 Å². The van der Waals surface area contributed by atoms with Crippen molar-refractivity contribution in [3.63, 3.8) is 0 Å². The second-order valence-electron chi connectivity index (χ2n) is 1.73. The van der Waals surface area contributed by atoms with Crippen molar-refractivity contribution in [3.8, 4) is 0 Å². The summed E-state index contributed by atoms with van der Waals surface area (Å²) in [6.45, 7) is 0. The SMILES string of the molecule is Cl.N[NH+]([O-])c1ccccc1. The maximum Gasteiger partial charge on any atom is 0.150 e. The van der Waals surface area contributed by atoms with Crippen LogP contribution in [0.5, 0.6) is 0 Å². The van der Waals surface area contributed by atoms with Crippen LogP contribution >= 0.6 is 12.4 Å². The summed E-state index contributed by atoms with van der Waals surface area (Å²) in [6.07, 6.45) is 0. The largest absolute Gasteiger partial charge is 0.608 e. The Morgan fingerprint density at radius 3 is 2.00 bits per heavy atom. The van der Waals surface area contributed by atoms with Gasteiger partial charge in [-0.2, -0.15) is 5.84 Å². The van der Waals surface area contributed by atoms with Crippen LogP contribution in [0.15, 0.2) is 30.3 Å². The maximum absolute atomic E-state index is 10.4. The number of hydrogen-bond acceptors (Lipinski definition) is 2. The molecular formula is C6H9ClN2O. The molecule has 1 rings (SSSR count). The van der Waals surface area contributed by atoms with Gasteiger partial charge in [0.25, 0.3) is 0 Å². The summed E-state index contributed by atoms with van der Waals surface area (Å²) in [5.41, 5.74) is 0.553. The zero-order chi connectivity index (χ0) is 6.69. The molecule has 1 unspecified atom stereocenters. The summed E-state index contributed by atoms with van der Waals surface area (Å²) >= 11 is 0. The summed E-state index contributed by atoms with van der Waals surface area (Å²) in [5.74, 6) is 4.97. The molecule has 4 heteroatoms. The Hall–Kier alpha value is -0.610. The normalized spacial score (nSPS) is 11.8. The van der Waals surface area contributed by atoms with Crippen molar-refractivity contribution in [1.29, 1.82) is 0 Å². The minimum Gasteiger partial charge on any atom is -0.608 e. The molecule has 3 nitrogen and oxygen atoms in total. The van der Waals surface area contributed by atoms with E-state index in [1.165, 1.54) is 0 Å². The predicted molar refractivity (Wildman–Crippen MR) is 41.9 cm³/mol. The molecule has 1 aromatic rings. The Morgan fingerprint density at radius 2 is 1.70 bits per heavy atom. The first-order chi connectivity index (χ1) is 4.30. The molecule has 0 fully saturated rings. The molecule has 0 radical (unpaired) electrons. The van der Waals surface area contributed by atoms with Crippen molar-refractivity contribution < 1.29 is 5.17 Å². The minimum absolute atomic E-state index is 0. The summed E-state index contributed by atoms with van der Waals surface area (Å²) in [7, 11) is 0. The van der Waals surface area contributed by atoms with Gasteiger partial charge in [-0.1, -0.05) is 18.2 Å². The van der Waals surface area contributed by atoms with Crippen molar-refractivity contribution in [3.05, 3.63) is 35.5 Å². The van der Waals surface area contributed by atoms with E-state index >= 15 is 0 Å². The molecule has 0 aliphatic rings. The third-order valence-corrected chi connectivity index (χ3v) is 1.06. The fraction of sp³-hybridized carbons (Fsp3) is 0. The van der Waals surface area contributed by atoms with Crippen molar-refractivity contribution in [2.24, 2.45) is 5.84 Å². The van der Waals surface area contributed by atoms with E-state index in [1.54, 1.807) is 24.3 Å². The number of nitrogen functional groups attached to an aromatic ring is 1. The molecular weight excluding hydrogens is 152 g/mol. The zero-order valence-electron chi connectivity index (χ0n) is 5.28. The van der Waals surface area contributed by atoms with Crippen LogP contribution in [0.4, 0.5) is 5.69 Å². The summed E-state index contributed by atoms with van der Waals surface area (Å²) in [5, 5.41) is 10.0. The van der Waals surface area contributed by atoms with Gasteiger partial charge in [0.2, 0.25) is 0 Å². The molecule has 0 heterocycles. The van der Waals surface area contributed by atoms with Gasteiger partial charge in [0.05, 0.1) is 0 Å². The Kier molecular flexibility index (Phi) is 3.99. The van der Waals surface area contributed by atoms with Gasteiger partial charge in [-0.25, -0.2) is 0 Å². The molecule has 0 aromatic heterocycles. The standard InChI is InChI=1S/C6H8N2O.ClH/c7-8(9)6-4-2-1-3-5-6;/h1-5,8H,7H2;1H. The van der Waals surface area contributed by atoms with Crippen LogP contribution in [-0.4, -0.2) is 0 Å². The van der Waals surface area contributed by atoms with E-state index in [1.807, 2.05) is 6.07 Å². The average molecular weight is 161 g/mol. The first-order valence-corrected chi connectivity index (χ1v) is 2.65. The lowest BCUT2D eigenvalue weighted by atomic mass is 10.3. The fourth-order valence-corrected chi connectivity index (χ4v) is 0.602. The van der Waals surface area contributed by atoms with Crippen LogP contribution < -0.4 is 11.0 Å². The monoisotopic (exact) mass is 160 g/mol. The van der Waals surface area contributed by atoms with Gasteiger partial charge in [-0.3, -0.25) is 5.17 Å². The van der Waals surface area contributed by atoms with Crippen molar-refractivity contribution in [1.82, 2.24) is 0 Å². The molecule has 0 spiro atoms. The summed E-state index contributed by atoms with van der Waals surface area (Å²) in [4.78, 5) is 0. The quantitative estimate of drug-likeness (QED) is 0.449. The molecule has 0 saturated heterocycles. The lowest BCUT2D eigenvalue weighted by molar-refractivity contribution is -0.789. The van der Waals surface area contributed by atoms with Crippen LogP contribution in [0.3, 0.4) is 0 Å². The molecule has 10 heavy (non-hydrogen) atoms. The molecule has 1 aromatic carbocycles. The van der Waals surface area contributed by atoms with Gasteiger partial charge in [0.15, 0.2) is 0 Å². The van der Waals surface area contributed by atoms with E-state index in [0.717, 1.165) is 0 Å². The van der Waals surface area contributed by atoms with Crippen LogP contribution in [0.25, 0.3) is 0 Å². The number of nitrogens with two attached hydrogens (primary N) is 1. The molecule has 3 N–H and O–H groups in total. The van der Waals surface area contributed by atoms with Gasteiger partial charge in [0, 0.05) is 12.1 Å². The Labute approximate surface area is 65.4 Å². The number of nitrogens with one attached hydrogen (secondary N) is 1. The second kappa shape index (κ2) is 4.24. The number of hydrogen-bond donors (Lipinski definition) is 2. The van der Waals surface area contributed by atoms with Gasteiger partial charge >= 0.3 is 0 Å². The molecule has 0 aliphatic carbocycles. The summed E-state index contributed by atoms with van der Waals surface area (Å²) < 4.78 is 0. The fourth-order valence-electron chi connectivity index (χ4n) is 0.602. The highest BCUT2D eigenvalue weighted by molar-refractivity contribution is 5.85. The van der Waals surface area contributed by atoms with E-state index < -0.39 is 0 Å². The van der Waals surface area contributed by atoms with Gasteiger partial charge < -0.3 is 5.21 Å². The number of rotatable bonds is 1. The van der Waals surface area contributed by atoms with Gasteiger partial charge in [0.1, 0.15) is 5.69 Å². The average Bonchev–Trinajstić information content (AvgIpc) is 1.90. The number of benzene rings is 1. The van der Waals surface area contributed by atoms with Crippen LogP contribution in [0.1, 0.15) is 0 Å². The molecule has 0 saturated carbocycles. The van der Waals surface area contributed by atoms with Gasteiger partial charge in [-0.05, 0) is 0 Å². The van der Waals surface area contributed by atoms with Crippen molar-refractivity contribution >= 4 is 18.1 Å². The number of quaternary nitrogens is 1. The minimum atomic E-state index is -0.379. The molecule has 0 amide bonds. The van der Waals surface area contributed by atoms with Crippen LogP contribution in [0, 0.1) is 5.21 Å². The third kappa shape index (κ3) is 2.33. The Balaban J connectivity index is 0.000000810. The number of halogens is 1. The maximum atomic E-state index is 10.4. The highest BCUT2D eigenvalue weighted by Gasteiger charge is 1.90. The summed E-state index contributed by atoms with van der Waals surface area (Å²) in [6, 6.07) is 8.76. The Bertz CT molecular complexity index is 178. The first kappa shape index (κ1) is 9.39. The zero-order valence-corrected chi connectivity index (χ0v) is 6.10.